The van der Waals surface area contributed by atoms with Crippen LogP contribution in [0.25, 0.3) is 0 Å². The van der Waals surface area contributed by atoms with E-state index in [1.54, 1.807) is 44.2 Å². The van der Waals surface area contributed by atoms with Crippen LogP contribution in [0.1, 0.15) is 38.8 Å². The molecule has 3 aromatic carbocycles. The number of hydrogen-bond acceptors (Lipinski definition) is 4. The van der Waals surface area contributed by atoms with Crippen LogP contribution in [0.15, 0.2) is 97.3 Å². The average molecular weight is 496 g/mol. The van der Waals surface area contributed by atoms with Crippen LogP contribution in [0.2, 0.25) is 0 Å². The molecule has 1 amide bonds. The topological polar surface area (TPSA) is 59.7 Å². The van der Waals surface area contributed by atoms with Gasteiger partial charge in [0.15, 0.2) is 36.2 Å². The van der Waals surface area contributed by atoms with Gasteiger partial charge in [-0.05, 0) is 49.2 Å². The predicted octanol–water partition coefficient (Wildman–Crippen LogP) is 5.13. The molecule has 0 bridgehead atoms. The molecule has 0 radical (unpaired) electrons. The fourth-order valence-electron chi connectivity index (χ4n) is 4.31. The van der Waals surface area contributed by atoms with Crippen molar-refractivity contribution in [2.45, 2.75) is 19.9 Å². The zero-order chi connectivity index (χ0) is 26.2. The number of rotatable bonds is 10. The maximum atomic E-state index is 13.7. The molecule has 6 heteroatoms. The highest BCUT2D eigenvalue weighted by Crippen LogP contribution is 2.29. The van der Waals surface area contributed by atoms with Crippen molar-refractivity contribution in [2.75, 3.05) is 25.7 Å². The number of hydrogen-bond donors (Lipinski definition) is 0. The van der Waals surface area contributed by atoms with Crippen molar-refractivity contribution in [2.24, 2.45) is 0 Å². The molecule has 188 valence electrons. The van der Waals surface area contributed by atoms with Crippen LogP contribution < -0.4 is 18.9 Å². The number of ether oxygens (including phenoxy) is 2. The lowest BCUT2D eigenvalue weighted by molar-refractivity contribution is -0.688. The van der Waals surface area contributed by atoms with Crippen molar-refractivity contribution in [3.8, 4) is 11.5 Å². The molecule has 0 fully saturated rings. The molecule has 0 unspecified atom stereocenters. The number of aromatic nitrogens is 1. The van der Waals surface area contributed by atoms with Gasteiger partial charge < -0.3 is 14.4 Å². The Labute approximate surface area is 217 Å². The number of methoxy groups -OCH3 is 2. The molecule has 1 aromatic heterocycles. The Hall–Kier alpha value is -4.45. The van der Waals surface area contributed by atoms with Gasteiger partial charge in [-0.25, -0.2) is 4.57 Å². The second-order valence-corrected chi connectivity index (χ2v) is 8.71. The van der Waals surface area contributed by atoms with E-state index < -0.39 is 0 Å². The van der Waals surface area contributed by atoms with E-state index in [4.69, 9.17) is 9.47 Å². The smallest absolute Gasteiger partial charge is 0.258 e. The third kappa shape index (κ3) is 6.22. The molecular weight excluding hydrogens is 464 g/mol. The van der Waals surface area contributed by atoms with E-state index in [2.05, 4.69) is 12.1 Å². The summed E-state index contributed by atoms with van der Waals surface area (Å²) in [6, 6.07) is 26.8. The Kier molecular flexibility index (Phi) is 8.31. The Bertz CT molecular complexity index is 1370. The molecule has 0 saturated carbocycles. The van der Waals surface area contributed by atoms with Crippen molar-refractivity contribution in [3.05, 3.63) is 120 Å². The summed E-state index contributed by atoms with van der Waals surface area (Å²) in [7, 11) is 3.11. The van der Waals surface area contributed by atoms with Crippen LogP contribution in [0, 0.1) is 0 Å². The highest BCUT2D eigenvalue weighted by molar-refractivity contribution is 6.06. The maximum absolute atomic E-state index is 13.7. The van der Waals surface area contributed by atoms with Gasteiger partial charge in [0.05, 0.1) is 19.8 Å². The first kappa shape index (κ1) is 25.6. The SMILES string of the molecule is COc1ccc(C(=O)N(CCc2cc[n+](Cc3ccccc3)cc2C(C)=O)c2ccccc2)cc1OC. The number of carbonyl (C=O) groups excluding carboxylic acids is 2. The number of nitrogens with zero attached hydrogens (tertiary/aromatic N) is 2. The largest absolute Gasteiger partial charge is 0.493 e. The molecule has 4 aromatic rings. The maximum Gasteiger partial charge on any atom is 0.258 e. The first-order valence-corrected chi connectivity index (χ1v) is 12.2. The number of carbonyl (C=O) groups is 2. The molecule has 0 aliphatic carbocycles. The Balaban J connectivity index is 1.60. The molecule has 1 heterocycles. The molecule has 0 saturated heterocycles. The van der Waals surface area contributed by atoms with Crippen molar-refractivity contribution in [1.82, 2.24) is 0 Å². The average Bonchev–Trinajstić information content (AvgIpc) is 2.94. The summed E-state index contributed by atoms with van der Waals surface area (Å²) in [5.74, 6) is 0.886. The molecule has 6 nitrogen and oxygen atoms in total. The monoisotopic (exact) mass is 495 g/mol. The number of benzene rings is 3. The van der Waals surface area contributed by atoms with Gasteiger partial charge in [0.1, 0.15) is 0 Å². The van der Waals surface area contributed by atoms with E-state index in [1.807, 2.05) is 71.6 Å². The molecule has 0 atom stereocenters. The number of Topliss-reactive ketones (excluding diaryl/α,β-unsaturated/α-hetero) is 1. The highest BCUT2D eigenvalue weighted by atomic mass is 16.5. The van der Waals surface area contributed by atoms with Crippen LogP contribution >= 0.6 is 0 Å². The van der Waals surface area contributed by atoms with Gasteiger partial charge >= 0.3 is 0 Å². The second kappa shape index (κ2) is 12.0. The Morgan fingerprint density at radius 2 is 1.51 bits per heavy atom. The zero-order valence-electron chi connectivity index (χ0n) is 21.4. The number of ketones is 1. The summed E-state index contributed by atoms with van der Waals surface area (Å²) < 4.78 is 12.7. The summed E-state index contributed by atoms with van der Waals surface area (Å²) in [4.78, 5) is 28.0. The van der Waals surface area contributed by atoms with Crippen LogP contribution in [0.5, 0.6) is 11.5 Å². The fraction of sp³-hybridized carbons (Fsp3) is 0.194. The molecule has 0 N–H and O–H groups in total. The van der Waals surface area contributed by atoms with Crippen molar-refractivity contribution in [1.29, 1.82) is 0 Å². The van der Waals surface area contributed by atoms with E-state index in [0.29, 0.717) is 42.1 Å². The third-order valence-electron chi connectivity index (χ3n) is 6.24. The summed E-state index contributed by atoms with van der Waals surface area (Å²) in [5, 5.41) is 0. The quantitative estimate of drug-likeness (QED) is 0.226. The van der Waals surface area contributed by atoms with E-state index >= 15 is 0 Å². The molecule has 0 aliphatic rings. The standard InChI is InChI=1S/C31H31N2O4/c1-23(34)28-22-32(21-24-10-6-4-7-11-24)18-16-25(28)17-19-33(27-12-8-5-9-13-27)31(35)26-14-15-29(36-2)30(20-26)37-3/h4-16,18,20,22H,17,19,21H2,1-3H3/q+1. The van der Waals surface area contributed by atoms with Crippen LogP contribution in [-0.4, -0.2) is 32.5 Å². The fourth-order valence-corrected chi connectivity index (χ4v) is 4.31. The van der Waals surface area contributed by atoms with E-state index in [-0.39, 0.29) is 11.7 Å². The molecular formula is C31H31N2O4+. The minimum absolute atomic E-state index is 0.00473. The number of para-hydroxylation sites is 1. The van der Waals surface area contributed by atoms with Gasteiger partial charge in [-0.2, -0.15) is 0 Å². The van der Waals surface area contributed by atoms with Crippen molar-refractivity contribution in [3.63, 3.8) is 0 Å². The minimum atomic E-state index is -0.161. The van der Waals surface area contributed by atoms with Crippen molar-refractivity contribution >= 4 is 17.4 Å². The number of anilines is 1. The van der Waals surface area contributed by atoms with Gasteiger partial charge in [0.25, 0.3) is 5.91 Å². The molecule has 4 rings (SSSR count). The van der Waals surface area contributed by atoms with Crippen molar-refractivity contribution < 1.29 is 23.6 Å². The highest BCUT2D eigenvalue weighted by Gasteiger charge is 2.21. The van der Waals surface area contributed by atoms with Gasteiger partial charge in [0, 0.05) is 29.4 Å². The lowest BCUT2D eigenvalue weighted by Crippen LogP contribution is -2.36. The third-order valence-corrected chi connectivity index (χ3v) is 6.24. The van der Waals surface area contributed by atoms with Gasteiger partial charge in [-0.1, -0.05) is 48.5 Å². The van der Waals surface area contributed by atoms with Crippen LogP contribution in [0.3, 0.4) is 0 Å². The lowest BCUT2D eigenvalue weighted by atomic mass is 10.0. The second-order valence-electron chi connectivity index (χ2n) is 8.71. The van der Waals surface area contributed by atoms with E-state index in [9.17, 15) is 9.59 Å². The zero-order valence-corrected chi connectivity index (χ0v) is 21.4. The minimum Gasteiger partial charge on any atom is -0.493 e. The summed E-state index contributed by atoms with van der Waals surface area (Å²) in [6.45, 7) is 2.66. The van der Waals surface area contributed by atoms with Gasteiger partial charge in [0.2, 0.25) is 0 Å². The summed E-state index contributed by atoms with van der Waals surface area (Å²) in [5.41, 5.74) is 3.98. The molecule has 37 heavy (non-hydrogen) atoms. The predicted molar refractivity (Wildman–Crippen MR) is 144 cm³/mol. The Morgan fingerprint density at radius 3 is 2.16 bits per heavy atom. The first-order valence-electron chi connectivity index (χ1n) is 12.2. The lowest BCUT2D eigenvalue weighted by Gasteiger charge is -2.24. The normalized spacial score (nSPS) is 10.6. The number of amides is 1. The van der Waals surface area contributed by atoms with Gasteiger partial charge in [-0.15, -0.1) is 0 Å². The van der Waals surface area contributed by atoms with Crippen LogP contribution in [0.4, 0.5) is 5.69 Å². The van der Waals surface area contributed by atoms with Gasteiger partial charge in [-0.3, -0.25) is 9.59 Å². The summed E-state index contributed by atoms with van der Waals surface area (Å²) >= 11 is 0. The molecule has 0 spiro atoms. The Morgan fingerprint density at radius 1 is 0.838 bits per heavy atom. The van der Waals surface area contributed by atoms with E-state index in [1.165, 1.54) is 0 Å². The van der Waals surface area contributed by atoms with E-state index in [0.717, 1.165) is 16.8 Å². The van der Waals surface area contributed by atoms with Crippen LogP contribution in [-0.2, 0) is 13.0 Å². The number of pyridine rings is 1. The molecule has 0 aliphatic heterocycles. The first-order chi connectivity index (χ1) is 18.0. The summed E-state index contributed by atoms with van der Waals surface area (Å²) in [6.07, 6.45) is 4.40.